The predicted molar refractivity (Wildman–Crippen MR) is 80.0 cm³/mol. The van der Waals surface area contributed by atoms with Crippen LogP contribution in [-0.4, -0.2) is 13.6 Å². The summed E-state index contributed by atoms with van der Waals surface area (Å²) in [5.41, 5.74) is 11.6. The van der Waals surface area contributed by atoms with Gasteiger partial charge in [0.2, 0.25) is 0 Å². The maximum absolute atomic E-state index is 6.00. The van der Waals surface area contributed by atoms with E-state index in [1.165, 1.54) is 16.8 Å². The quantitative estimate of drug-likeness (QED) is 0.829. The molecule has 0 atom stereocenters. The predicted octanol–water partition coefficient (Wildman–Crippen LogP) is 3.70. The van der Waals surface area contributed by atoms with Crippen molar-refractivity contribution < 1.29 is 0 Å². The fourth-order valence-electron chi connectivity index (χ4n) is 2.03. The molecule has 0 heterocycles. The summed E-state index contributed by atoms with van der Waals surface area (Å²) >= 11 is 0. The van der Waals surface area contributed by atoms with Crippen molar-refractivity contribution in [3.8, 4) is 11.1 Å². The van der Waals surface area contributed by atoms with Crippen LogP contribution < -0.4 is 10.6 Å². The van der Waals surface area contributed by atoms with Crippen LogP contribution in [0.15, 0.2) is 42.5 Å². The minimum atomic E-state index is 0.849. The van der Waals surface area contributed by atoms with Gasteiger partial charge in [-0.15, -0.1) is 0 Å². The van der Waals surface area contributed by atoms with E-state index in [9.17, 15) is 0 Å². The van der Waals surface area contributed by atoms with Crippen LogP contribution in [0.5, 0.6) is 0 Å². The SMILES string of the molecule is CCN(C)c1ccccc1-c1ccc(C)c(N)c1. The van der Waals surface area contributed by atoms with Crippen molar-refractivity contribution in [3.05, 3.63) is 48.0 Å². The lowest BCUT2D eigenvalue weighted by Gasteiger charge is -2.21. The number of nitrogens with two attached hydrogens (primary N) is 1. The highest BCUT2D eigenvalue weighted by molar-refractivity contribution is 5.80. The summed E-state index contributed by atoms with van der Waals surface area (Å²) in [7, 11) is 2.11. The molecular formula is C16H20N2. The summed E-state index contributed by atoms with van der Waals surface area (Å²) < 4.78 is 0. The molecule has 0 amide bonds. The normalized spacial score (nSPS) is 10.4. The molecule has 2 nitrogen and oxygen atoms in total. The Balaban J connectivity index is 2.53. The van der Waals surface area contributed by atoms with E-state index < -0.39 is 0 Å². The second kappa shape index (κ2) is 5.13. The summed E-state index contributed by atoms with van der Waals surface area (Å²) in [5, 5.41) is 0. The van der Waals surface area contributed by atoms with Gasteiger partial charge < -0.3 is 10.6 Å². The molecule has 0 aliphatic rings. The van der Waals surface area contributed by atoms with E-state index in [1.54, 1.807) is 0 Å². The number of nitrogen functional groups attached to an aromatic ring is 1. The lowest BCUT2D eigenvalue weighted by atomic mass is 10.0. The molecule has 2 aromatic rings. The molecule has 0 bridgehead atoms. The minimum Gasteiger partial charge on any atom is -0.398 e. The van der Waals surface area contributed by atoms with Gasteiger partial charge in [0.15, 0.2) is 0 Å². The molecule has 94 valence electrons. The summed E-state index contributed by atoms with van der Waals surface area (Å²) in [6.07, 6.45) is 0. The van der Waals surface area contributed by atoms with Crippen LogP contribution in [-0.2, 0) is 0 Å². The summed E-state index contributed by atoms with van der Waals surface area (Å²) in [6.45, 7) is 5.17. The Bertz CT molecular complexity index is 547. The Labute approximate surface area is 109 Å². The molecular weight excluding hydrogens is 220 g/mol. The number of rotatable bonds is 3. The summed E-state index contributed by atoms with van der Waals surface area (Å²) in [6, 6.07) is 14.7. The molecule has 0 radical (unpaired) electrons. The van der Waals surface area contributed by atoms with Crippen molar-refractivity contribution in [3.63, 3.8) is 0 Å². The average Bonchev–Trinajstić information content (AvgIpc) is 2.41. The molecule has 2 N–H and O–H groups in total. The van der Waals surface area contributed by atoms with E-state index in [-0.39, 0.29) is 0 Å². The summed E-state index contributed by atoms with van der Waals surface area (Å²) in [5.74, 6) is 0. The van der Waals surface area contributed by atoms with Gasteiger partial charge in [0.05, 0.1) is 0 Å². The fraction of sp³-hybridized carbons (Fsp3) is 0.250. The number of para-hydroxylation sites is 1. The number of hydrogen-bond acceptors (Lipinski definition) is 2. The third kappa shape index (κ3) is 2.33. The van der Waals surface area contributed by atoms with Gasteiger partial charge in [-0.2, -0.15) is 0 Å². The largest absolute Gasteiger partial charge is 0.398 e. The number of hydrogen-bond donors (Lipinski definition) is 1. The van der Waals surface area contributed by atoms with Gasteiger partial charge in [0, 0.05) is 30.5 Å². The molecule has 2 aromatic carbocycles. The fourth-order valence-corrected chi connectivity index (χ4v) is 2.03. The molecule has 0 aromatic heterocycles. The van der Waals surface area contributed by atoms with Crippen molar-refractivity contribution in [2.45, 2.75) is 13.8 Å². The second-order valence-corrected chi connectivity index (χ2v) is 4.60. The highest BCUT2D eigenvalue weighted by atomic mass is 15.1. The van der Waals surface area contributed by atoms with E-state index in [4.69, 9.17) is 5.73 Å². The third-order valence-electron chi connectivity index (χ3n) is 3.38. The molecule has 18 heavy (non-hydrogen) atoms. The smallest absolute Gasteiger partial charge is 0.0443 e. The minimum absolute atomic E-state index is 0.849. The first-order chi connectivity index (χ1) is 8.63. The van der Waals surface area contributed by atoms with Gasteiger partial charge in [0.1, 0.15) is 0 Å². The van der Waals surface area contributed by atoms with Crippen LogP contribution >= 0.6 is 0 Å². The van der Waals surface area contributed by atoms with Crippen LogP contribution in [0.2, 0.25) is 0 Å². The third-order valence-corrected chi connectivity index (χ3v) is 3.38. The molecule has 0 saturated carbocycles. The average molecular weight is 240 g/mol. The van der Waals surface area contributed by atoms with Crippen molar-refractivity contribution in [1.29, 1.82) is 0 Å². The standard InChI is InChI=1S/C16H20N2/c1-4-18(3)16-8-6-5-7-14(16)13-10-9-12(2)15(17)11-13/h5-11H,4,17H2,1-3H3. The van der Waals surface area contributed by atoms with Crippen molar-refractivity contribution in [1.82, 2.24) is 0 Å². The Kier molecular flexibility index (Phi) is 3.56. The monoisotopic (exact) mass is 240 g/mol. The van der Waals surface area contributed by atoms with E-state index in [1.807, 2.05) is 6.92 Å². The second-order valence-electron chi connectivity index (χ2n) is 4.60. The van der Waals surface area contributed by atoms with Crippen molar-refractivity contribution >= 4 is 11.4 Å². The number of benzene rings is 2. The van der Waals surface area contributed by atoms with E-state index in [2.05, 4.69) is 61.3 Å². The first kappa shape index (κ1) is 12.5. The summed E-state index contributed by atoms with van der Waals surface area (Å²) in [4.78, 5) is 2.24. The van der Waals surface area contributed by atoms with Crippen LogP contribution in [0.3, 0.4) is 0 Å². The van der Waals surface area contributed by atoms with Crippen LogP contribution in [0, 0.1) is 6.92 Å². The molecule has 2 rings (SSSR count). The molecule has 0 aliphatic carbocycles. The number of aryl methyl sites for hydroxylation is 1. The van der Waals surface area contributed by atoms with Crippen molar-refractivity contribution in [2.24, 2.45) is 0 Å². The zero-order chi connectivity index (χ0) is 13.1. The van der Waals surface area contributed by atoms with Crippen LogP contribution in [0.4, 0.5) is 11.4 Å². The van der Waals surface area contributed by atoms with Gasteiger partial charge in [-0.25, -0.2) is 0 Å². The highest BCUT2D eigenvalue weighted by Gasteiger charge is 2.08. The number of anilines is 2. The molecule has 0 unspecified atom stereocenters. The van der Waals surface area contributed by atoms with Gasteiger partial charge in [-0.05, 0) is 37.1 Å². The Morgan fingerprint density at radius 1 is 1.11 bits per heavy atom. The topological polar surface area (TPSA) is 29.3 Å². The van der Waals surface area contributed by atoms with Crippen LogP contribution in [0.1, 0.15) is 12.5 Å². The Morgan fingerprint density at radius 2 is 1.83 bits per heavy atom. The van der Waals surface area contributed by atoms with Crippen LogP contribution in [0.25, 0.3) is 11.1 Å². The molecule has 0 saturated heterocycles. The van der Waals surface area contributed by atoms with E-state index >= 15 is 0 Å². The van der Waals surface area contributed by atoms with Gasteiger partial charge in [-0.1, -0.05) is 30.3 Å². The zero-order valence-corrected chi connectivity index (χ0v) is 11.3. The molecule has 0 spiro atoms. The number of nitrogens with zero attached hydrogens (tertiary/aromatic N) is 1. The van der Waals surface area contributed by atoms with E-state index in [0.717, 1.165) is 17.8 Å². The molecule has 0 aliphatic heterocycles. The Hall–Kier alpha value is -1.96. The maximum atomic E-state index is 6.00. The lowest BCUT2D eigenvalue weighted by molar-refractivity contribution is 0.969. The zero-order valence-electron chi connectivity index (χ0n) is 11.3. The Morgan fingerprint density at radius 3 is 2.50 bits per heavy atom. The van der Waals surface area contributed by atoms with Gasteiger partial charge >= 0.3 is 0 Å². The van der Waals surface area contributed by atoms with E-state index in [0.29, 0.717) is 0 Å². The lowest BCUT2D eigenvalue weighted by Crippen LogP contribution is -2.16. The molecule has 2 heteroatoms. The first-order valence-electron chi connectivity index (χ1n) is 6.30. The van der Waals surface area contributed by atoms with Gasteiger partial charge in [0.25, 0.3) is 0 Å². The molecule has 0 fully saturated rings. The van der Waals surface area contributed by atoms with Gasteiger partial charge in [-0.3, -0.25) is 0 Å². The first-order valence-corrected chi connectivity index (χ1v) is 6.30. The highest BCUT2D eigenvalue weighted by Crippen LogP contribution is 2.31. The van der Waals surface area contributed by atoms with Crippen molar-refractivity contribution in [2.75, 3.05) is 24.2 Å². The maximum Gasteiger partial charge on any atom is 0.0443 e.